The van der Waals surface area contributed by atoms with Gasteiger partial charge < -0.3 is 9.52 Å². The molecule has 0 aliphatic carbocycles. The van der Waals surface area contributed by atoms with Crippen LogP contribution in [0.2, 0.25) is 0 Å². The minimum absolute atomic E-state index is 0.510. The maximum absolute atomic E-state index is 10.9. The van der Waals surface area contributed by atoms with Crippen LogP contribution in [0.5, 0.6) is 0 Å². The van der Waals surface area contributed by atoms with Gasteiger partial charge in [-0.15, -0.1) is 0 Å². The van der Waals surface area contributed by atoms with Gasteiger partial charge in [-0.25, -0.2) is 0 Å². The first-order valence-corrected chi connectivity index (χ1v) is 5.47. The van der Waals surface area contributed by atoms with E-state index < -0.39 is 12.0 Å². The third-order valence-electron chi connectivity index (χ3n) is 3.00. The first-order valence-electron chi connectivity index (χ1n) is 5.47. The highest BCUT2D eigenvalue weighted by molar-refractivity contribution is 5.81. The average molecular weight is 233 g/mol. The second-order valence-corrected chi connectivity index (χ2v) is 4.19. The van der Waals surface area contributed by atoms with Gasteiger partial charge in [0.1, 0.15) is 11.6 Å². The molecule has 0 aliphatic rings. The summed E-state index contributed by atoms with van der Waals surface area (Å²) in [6.07, 6.45) is 1.69. The number of rotatable bonds is 4. The molecule has 0 spiro atoms. The van der Waals surface area contributed by atoms with E-state index in [9.17, 15) is 4.79 Å². The Hall–Kier alpha value is -1.81. The second-order valence-electron chi connectivity index (χ2n) is 4.19. The van der Waals surface area contributed by atoms with E-state index in [1.807, 2.05) is 24.3 Å². The van der Waals surface area contributed by atoms with Gasteiger partial charge >= 0.3 is 5.97 Å². The van der Waals surface area contributed by atoms with Crippen molar-refractivity contribution in [2.75, 3.05) is 7.05 Å². The molecule has 1 unspecified atom stereocenters. The molecule has 0 fully saturated rings. The molecular formula is C13H15NO3. The quantitative estimate of drug-likeness (QED) is 0.880. The van der Waals surface area contributed by atoms with Crippen LogP contribution in [-0.4, -0.2) is 29.1 Å². The van der Waals surface area contributed by atoms with E-state index in [1.165, 1.54) is 0 Å². The first-order chi connectivity index (χ1) is 8.09. The SMILES string of the molecule is CC(C(=O)O)N(C)Cc1coc2ccccc12. The summed E-state index contributed by atoms with van der Waals surface area (Å²) in [5.41, 5.74) is 1.84. The summed E-state index contributed by atoms with van der Waals surface area (Å²) in [7, 11) is 1.79. The van der Waals surface area contributed by atoms with E-state index in [0.717, 1.165) is 16.5 Å². The highest BCUT2D eigenvalue weighted by Crippen LogP contribution is 2.22. The summed E-state index contributed by atoms with van der Waals surface area (Å²) in [6, 6.07) is 7.23. The number of nitrogens with zero attached hydrogens (tertiary/aromatic N) is 1. The van der Waals surface area contributed by atoms with Gasteiger partial charge in [0, 0.05) is 17.5 Å². The molecule has 0 saturated heterocycles. The molecule has 0 saturated carbocycles. The van der Waals surface area contributed by atoms with Crippen molar-refractivity contribution in [2.45, 2.75) is 19.5 Å². The highest BCUT2D eigenvalue weighted by atomic mass is 16.4. The van der Waals surface area contributed by atoms with Crippen LogP contribution in [0.15, 0.2) is 34.9 Å². The van der Waals surface area contributed by atoms with Crippen LogP contribution in [0, 0.1) is 0 Å². The van der Waals surface area contributed by atoms with E-state index in [4.69, 9.17) is 9.52 Å². The number of fused-ring (bicyclic) bond motifs is 1. The molecular weight excluding hydrogens is 218 g/mol. The zero-order chi connectivity index (χ0) is 12.4. The molecule has 0 bridgehead atoms. The Labute approximate surface area is 99.4 Å². The van der Waals surface area contributed by atoms with Gasteiger partial charge in [0.2, 0.25) is 0 Å². The summed E-state index contributed by atoms with van der Waals surface area (Å²) >= 11 is 0. The predicted octanol–water partition coefficient (Wildman–Crippen LogP) is 2.34. The van der Waals surface area contributed by atoms with Crippen LogP contribution < -0.4 is 0 Å². The summed E-state index contributed by atoms with van der Waals surface area (Å²) < 4.78 is 5.42. The Bertz CT molecular complexity index is 532. The van der Waals surface area contributed by atoms with Crippen LogP contribution in [0.1, 0.15) is 12.5 Å². The fraction of sp³-hybridized carbons (Fsp3) is 0.308. The molecule has 0 aliphatic heterocycles. The molecule has 4 nitrogen and oxygen atoms in total. The minimum Gasteiger partial charge on any atom is -0.480 e. The topological polar surface area (TPSA) is 53.7 Å². The predicted molar refractivity (Wildman–Crippen MR) is 64.8 cm³/mol. The number of likely N-dealkylation sites (N-methyl/N-ethyl adjacent to an activating group) is 1. The number of para-hydroxylation sites is 1. The standard InChI is InChI=1S/C13H15NO3/c1-9(13(15)16)14(2)7-10-8-17-12-6-4-3-5-11(10)12/h3-6,8-9H,7H2,1-2H3,(H,15,16). The van der Waals surface area contributed by atoms with Crippen LogP contribution in [0.25, 0.3) is 11.0 Å². The van der Waals surface area contributed by atoms with Crippen molar-refractivity contribution >= 4 is 16.9 Å². The summed E-state index contributed by atoms with van der Waals surface area (Å²) in [4.78, 5) is 12.6. The second kappa shape index (κ2) is 4.59. The van der Waals surface area contributed by atoms with Crippen molar-refractivity contribution < 1.29 is 14.3 Å². The van der Waals surface area contributed by atoms with Crippen molar-refractivity contribution in [3.8, 4) is 0 Å². The van der Waals surface area contributed by atoms with E-state index in [2.05, 4.69) is 0 Å². The Kier molecular flexibility index (Phi) is 3.15. The number of carbonyl (C=O) groups is 1. The normalized spacial score (nSPS) is 13.1. The average Bonchev–Trinajstić information content (AvgIpc) is 2.71. The first kappa shape index (κ1) is 11.7. The van der Waals surface area contributed by atoms with E-state index in [0.29, 0.717) is 6.54 Å². The largest absolute Gasteiger partial charge is 0.480 e. The molecule has 1 N–H and O–H groups in total. The molecule has 17 heavy (non-hydrogen) atoms. The number of furan rings is 1. The van der Waals surface area contributed by atoms with Crippen LogP contribution in [0.4, 0.5) is 0 Å². The lowest BCUT2D eigenvalue weighted by atomic mass is 10.1. The fourth-order valence-electron chi connectivity index (χ4n) is 1.75. The molecule has 1 aromatic heterocycles. The number of hydrogen-bond donors (Lipinski definition) is 1. The molecule has 1 heterocycles. The number of carboxylic acids is 1. The number of carboxylic acid groups (broad SMARTS) is 1. The van der Waals surface area contributed by atoms with E-state index in [1.54, 1.807) is 25.1 Å². The van der Waals surface area contributed by atoms with Gasteiger partial charge in [-0.05, 0) is 20.0 Å². The Morgan fingerprint density at radius 2 is 2.18 bits per heavy atom. The molecule has 0 amide bonds. The van der Waals surface area contributed by atoms with Gasteiger partial charge in [0.05, 0.1) is 6.26 Å². The minimum atomic E-state index is -0.819. The van der Waals surface area contributed by atoms with Crippen LogP contribution in [-0.2, 0) is 11.3 Å². The van der Waals surface area contributed by atoms with Gasteiger partial charge in [0.25, 0.3) is 0 Å². The van der Waals surface area contributed by atoms with Crippen molar-refractivity contribution in [1.29, 1.82) is 0 Å². The summed E-state index contributed by atoms with van der Waals surface area (Å²) in [6.45, 7) is 2.23. The molecule has 4 heteroatoms. The van der Waals surface area contributed by atoms with Gasteiger partial charge in [-0.2, -0.15) is 0 Å². The zero-order valence-corrected chi connectivity index (χ0v) is 9.88. The van der Waals surface area contributed by atoms with Crippen LogP contribution in [0.3, 0.4) is 0 Å². The molecule has 1 aromatic carbocycles. The van der Waals surface area contributed by atoms with Crippen molar-refractivity contribution in [3.63, 3.8) is 0 Å². The van der Waals surface area contributed by atoms with Crippen molar-refractivity contribution in [3.05, 3.63) is 36.1 Å². The third-order valence-corrected chi connectivity index (χ3v) is 3.00. The summed E-state index contributed by atoms with van der Waals surface area (Å²) in [5, 5.41) is 9.97. The smallest absolute Gasteiger partial charge is 0.320 e. The maximum Gasteiger partial charge on any atom is 0.320 e. The number of aliphatic carboxylic acids is 1. The lowest BCUT2D eigenvalue weighted by Gasteiger charge is -2.20. The highest BCUT2D eigenvalue weighted by Gasteiger charge is 2.18. The molecule has 2 rings (SSSR count). The monoisotopic (exact) mass is 233 g/mol. The number of hydrogen-bond acceptors (Lipinski definition) is 3. The van der Waals surface area contributed by atoms with E-state index >= 15 is 0 Å². The van der Waals surface area contributed by atoms with Crippen molar-refractivity contribution in [2.24, 2.45) is 0 Å². The fourth-order valence-corrected chi connectivity index (χ4v) is 1.75. The van der Waals surface area contributed by atoms with Gasteiger partial charge in [-0.1, -0.05) is 18.2 Å². The van der Waals surface area contributed by atoms with Gasteiger partial charge in [-0.3, -0.25) is 9.69 Å². The Balaban J connectivity index is 2.21. The van der Waals surface area contributed by atoms with Gasteiger partial charge in [0.15, 0.2) is 0 Å². The molecule has 2 aromatic rings. The molecule has 90 valence electrons. The van der Waals surface area contributed by atoms with E-state index in [-0.39, 0.29) is 0 Å². The van der Waals surface area contributed by atoms with Crippen LogP contribution >= 0.6 is 0 Å². The third kappa shape index (κ3) is 2.31. The lowest BCUT2D eigenvalue weighted by Crippen LogP contribution is -2.35. The number of benzene rings is 1. The Morgan fingerprint density at radius 3 is 2.88 bits per heavy atom. The molecule has 0 radical (unpaired) electrons. The Morgan fingerprint density at radius 1 is 1.47 bits per heavy atom. The lowest BCUT2D eigenvalue weighted by molar-refractivity contribution is -0.142. The van der Waals surface area contributed by atoms with Crippen molar-refractivity contribution in [1.82, 2.24) is 4.90 Å². The molecule has 1 atom stereocenters. The maximum atomic E-state index is 10.9. The zero-order valence-electron chi connectivity index (χ0n) is 9.88. The summed E-state index contributed by atoms with van der Waals surface area (Å²) in [5.74, 6) is -0.819.